The predicted molar refractivity (Wildman–Crippen MR) is 239 cm³/mol. The number of nitrogens with zero attached hydrogens (tertiary/aromatic N) is 2. The van der Waals surface area contributed by atoms with Crippen LogP contribution in [0.1, 0.15) is 51.9 Å². The summed E-state index contributed by atoms with van der Waals surface area (Å²) in [5, 5.41) is 7.30. The van der Waals surface area contributed by atoms with Gasteiger partial charge in [0.2, 0.25) is 0 Å². The lowest BCUT2D eigenvalue weighted by molar-refractivity contribution is 0.435. The Morgan fingerprint density at radius 3 is 2.05 bits per heavy atom. The number of hydrogen-bond acceptors (Lipinski definition) is 4. The fourth-order valence-corrected chi connectivity index (χ4v) is 12.1. The largest absolute Gasteiger partial charge is 0.457 e. The van der Waals surface area contributed by atoms with Gasteiger partial charge in [0, 0.05) is 27.1 Å². The number of thioether (sulfide) groups is 1. The molecule has 3 nitrogen and oxygen atoms in total. The van der Waals surface area contributed by atoms with Gasteiger partial charge < -0.3 is 4.74 Å². The summed E-state index contributed by atoms with van der Waals surface area (Å²) >= 11 is 1.89. The minimum absolute atomic E-state index is 0.245. The van der Waals surface area contributed by atoms with E-state index in [0.29, 0.717) is 0 Å². The van der Waals surface area contributed by atoms with Gasteiger partial charge in [-0.05, 0) is 97.4 Å². The molecular weight excluding hydrogens is 725 g/mol. The standard InChI is InChI=1S/C54H34N2OS/c1-53-50(55-52(56-51(53)40-21-9-13-25-48(40)58-53)41-30-33-15-3-4-16-35(33)37-18-6-7-19-38(37)41)34-27-29-47-45(31-34)54(43-23-11-12-24-46(43)57-47)42-22-10-8-20-39(42)49-36-17-5-2-14-32(36)26-28-44(49)54/h2-31,50H,1H3/t50-,53?,54?/m0/s1. The third-order valence-electron chi connectivity index (χ3n) is 13.1. The molecule has 0 radical (unpaired) electrons. The van der Waals surface area contributed by atoms with Gasteiger partial charge >= 0.3 is 0 Å². The van der Waals surface area contributed by atoms with Crippen LogP contribution in [0.3, 0.4) is 0 Å². The molecule has 0 saturated heterocycles. The van der Waals surface area contributed by atoms with Crippen molar-refractivity contribution in [1.29, 1.82) is 0 Å². The van der Waals surface area contributed by atoms with E-state index in [1.807, 2.05) is 11.8 Å². The number of hydrogen-bond donors (Lipinski definition) is 0. The van der Waals surface area contributed by atoms with Crippen LogP contribution in [0.4, 0.5) is 0 Å². The zero-order chi connectivity index (χ0) is 38.2. The minimum atomic E-state index is -0.602. The molecule has 0 fully saturated rings. The van der Waals surface area contributed by atoms with Crippen LogP contribution in [-0.2, 0) is 5.41 Å². The molecule has 3 atom stereocenters. The highest BCUT2D eigenvalue weighted by Gasteiger charge is 2.53. The summed E-state index contributed by atoms with van der Waals surface area (Å²) < 4.78 is 6.45. The molecule has 13 rings (SSSR count). The molecule has 9 aromatic rings. The molecule has 272 valence electrons. The lowest BCUT2D eigenvalue weighted by Gasteiger charge is -2.41. The van der Waals surface area contributed by atoms with Crippen LogP contribution in [0, 0.1) is 0 Å². The Kier molecular flexibility index (Phi) is 6.50. The van der Waals surface area contributed by atoms with E-state index in [1.54, 1.807) is 0 Å². The van der Waals surface area contributed by atoms with Crippen molar-refractivity contribution in [1.82, 2.24) is 0 Å². The zero-order valence-electron chi connectivity index (χ0n) is 31.6. The van der Waals surface area contributed by atoms with Crippen LogP contribution < -0.4 is 4.74 Å². The molecule has 0 saturated carbocycles. The first-order chi connectivity index (χ1) is 28.6. The molecule has 1 spiro atoms. The van der Waals surface area contributed by atoms with Crippen molar-refractivity contribution >= 4 is 55.6 Å². The molecule has 1 aliphatic carbocycles. The van der Waals surface area contributed by atoms with Gasteiger partial charge in [-0.25, -0.2) is 4.99 Å². The summed E-state index contributed by atoms with van der Waals surface area (Å²) in [5.41, 5.74) is 11.3. The predicted octanol–water partition coefficient (Wildman–Crippen LogP) is 13.5. The van der Waals surface area contributed by atoms with Gasteiger partial charge in [-0.2, -0.15) is 0 Å². The lowest BCUT2D eigenvalue weighted by atomic mass is 9.65. The zero-order valence-corrected chi connectivity index (χ0v) is 32.4. The fraction of sp³-hybridized carbons (Fsp3) is 0.0741. The molecule has 3 heterocycles. The van der Waals surface area contributed by atoms with E-state index in [2.05, 4.69) is 189 Å². The maximum Gasteiger partial charge on any atom is 0.156 e. The van der Waals surface area contributed by atoms with Crippen molar-refractivity contribution in [3.8, 4) is 22.6 Å². The number of benzene rings is 9. The Bertz CT molecular complexity index is 3340. The monoisotopic (exact) mass is 758 g/mol. The Morgan fingerprint density at radius 1 is 0.500 bits per heavy atom. The smallest absolute Gasteiger partial charge is 0.156 e. The Morgan fingerprint density at radius 2 is 1.17 bits per heavy atom. The summed E-state index contributed by atoms with van der Waals surface area (Å²) in [5.74, 6) is 2.54. The summed E-state index contributed by atoms with van der Waals surface area (Å²) in [7, 11) is 0. The van der Waals surface area contributed by atoms with E-state index in [0.717, 1.165) is 50.7 Å². The van der Waals surface area contributed by atoms with Crippen molar-refractivity contribution in [2.75, 3.05) is 0 Å². The fourth-order valence-electron chi connectivity index (χ4n) is 10.7. The minimum Gasteiger partial charge on any atom is -0.457 e. The van der Waals surface area contributed by atoms with Gasteiger partial charge in [0.05, 0.1) is 21.9 Å². The highest BCUT2D eigenvalue weighted by Crippen LogP contribution is 2.64. The Balaban J connectivity index is 1.09. The maximum atomic E-state index is 6.90. The van der Waals surface area contributed by atoms with Crippen molar-refractivity contribution in [3.63, 3.8) is 0 Å². The van der Waals surface area contributed by atoms with E-state index < -0.39 is 10.2 Å². The number of rotatable bonds is 2. The van der Waals surface area contributed by atoms with Crippen LogP contribution in [0.25, 0.3) is 43.4 Å². The summed E-state index contributed by atoms with van der Waals surface area (Å²) in [6.07, 6.45) is 0. The van der Waals surface area contributed by atoms with Gasteiger partial charge in [0.15, 0.2) is 5.84 Å². The van der Waals surface area contributed by atoms with Crippen LogP contribution in [0.15, 0.2) is 197 Å². The third kappa shape index (κ3) is 4.15. The molecular formula is C54H34N2OS. The lowest BCUT2D eigenvalue weighted by Crippen LogP contribution is -2.39. The SMILES string of the molecule is CC12Sc3ccccc3C1=NC(c1cc3ccccc3c3ccccc13)=N[C@H]2c1ccc2c(c1)C1(c3ccccc3O2)c2ccccc2-c2c1ccc1ccccc21. The summed E-state index contributed by atoms with van der Waals surface area (Å²) in [4.78, 5) is 12.6. The second kappa shape index (κ2) is 11.7. The first kappa shape index (κ1) is 32.3. The molecule has 2 unspecified atom stereocenters. The van der Waals surface area contributed by atoms with E-state index >= 15 is 0 Å². The molecule has 3 aliphatic heterocycles. The molecule has 0 amide bonds. The van der Waals surface area contributed by atoms with E-state index in [4.69, 9.17) is 14.7 Å². The topological polar surface area (TPSA) is 34.0 Å². The Hall–Kier alpha value is -6.75. The van der Waals surface area contributed by atoms with Crippen molar-refractivity contribution in [3.05, 3.63) is 221 Å². The van der Waals surface area contributed by atoms with Crippen molar-refractivity contribution in [2.24, 2.45) is 9.98 Å². The average Bonchev–Trinajstić information content (AvgIpc) is 3.75. The van der Waals surface area contributed by atoms with Gasteiger partial charge in [-0.1, -0.05) is 152 Å². The third-order valence-corrected chi connectivity index (χ3v) is 14.5. The normalized spacial score (nSPS) is 20.7. The first-order valence-corrected chi connectivity index (χ1v) is 20.8. The first-order valence-electron chi connectivity index (χ1n) is 20.0. The molecule has 0 N–H and O–H groups in total. The second-order valence-corrected chi connectivity index (χ2v) is 17.6. The average molecular weight is 759 g/mol. The number of para-hydroxylation sites is 1. The molecule has 0 bridgehead atoms. The van der Waals surface area contributed by atoms with Crippen molar-refractivity contribution < 1.29 is 4.74 Å². The van der Waals surface area contributed by atoms with Gasteiger partial charge in [-0.15, -0.1) is 11.8 Å². The summed E-state index contributed by atoms with van der Waals surface area (Å²) in [6.45, 7) is 2.34. The van der Waals surface area contributed by atoms with Crippen LogP contribution in [0.5, 0.6) is 11.5 Å². The van der Waals surface area contributed by atoms with Gasteiger partial charge in [-0.3, -0.25) is 4.99 Å². The van der Waals surface area contributed by atoms with Crippen LogP contribution in [0.2, 0.25) is 0 Å². The van der Waals surface area contributed by atoms with Crippen LogP contribution in [-0.4, -0.2) is 16.3 Å². The molecule has 0 aromatic heterocycles. The second-order valence-electron chi connectivity index (χ2n) is 16.1. The maximum absolute atomic E-state index is 6.90. The van der Waals surface area contributed by atoms with E-state index in [-0.39, 0.29) is 6.04 Å². The van der Waals surface area contributed by atoms with Gasteiger partial charge in [0.25, 0.3) is 0 Å². The number of aliphatic imine (C=N–C) groups is 2. The number of fused-ring (bicyclic) bond motifs is 17. The van der Waals surface area contributed by atoms with Gasteiger partial charge in [0.1, 0.15) is 11.5 Å². The van der Waals surface area contributed by atoms with E-state index in [1.165, 1.54) is 59.6 Å². The molecule has 4 heteroatoms. The van der Waals surface area contributed by atoms with E-state index in [9.17, 15) is 0 Å². The highest BCUT2D eigenvalue weighted by atomic mass is 32.2. The Labute approximate surface area is 340 Å². The quantitative estimate of drug-likeness (QED) is 0.165. The number of ether oxygens (including phenoxy) is 1. The highest BCUT2D eigenvalue weighted by molar-refractivity contribution is 8.02. The number of amidine groups is 1. The van der Waals surface area contributed by atoms with Crippen molar-refractivity contribution in [2.45, 2.75) is 28.0 Å². The van der Waals surface area contributed by atoms with Crippen LogP contribution >= 0.6 is 11.8 Å². The summed E-state index contributed by atoms with van der Waals surface area (Å²) in [6, 6.07) is 66.1. The molecule has 4 aliphatic rings. The molecule has 9 aromatic carbocycles. The molecule has 58 heavy (non-hydrogen) atoms.